The Balaban J connectivity index is -0.0000000169. The van der Waals surface area contributed by atoms with Crippen molar-refractivity contribution in [3.8, 4) is 57.4 Å². The largest absolute Gasteiger partial charge is 0.511 e. The summed E-state index contributed by atoms with van der Waals surface area (Å²) in [6.07, 6.45) is 12.0. The number of benzene rings is 2. The van der Waals surface area contributed by atoms with Crippen LogP contribution >= 0.6 is 0 Å². The lowest BCUT2D eigenvalue weighted by Gasteiger charge is -2.48. The number of aliphatic hydroxyl groups is 1. The highest BCUT2D eigenvalue weighted by molar-refractivity contribution is 6.00. The van der Waals surface area contributed by atoms with Crippen LogP contribution in [0.2, 0.25) is 0 Å². The molecule has 0 bridgehead atoms. The number of Topliss-reactive ketones (excluding diaryl/α,β-unsaturated/α-hetero) is 1. The molecule has 0 saturated heterocycles. The van der Waals surface area contributed by atoms with E-state index in [1.54, 1.807) is 60.7 Å². The maximum atomic E-state index is 15.1. The molecule has 4 aliphatic rings. The number of carbonyl (C=O) groups is 1. The summed E-state index contributed by atoms with van der Waals surface area (Å²) in [6.45, 7) is 7.18. The smallest absolute Gasteiger partial charge is 0.173 e. The minimum absolute atomic E-state index is 0. The van der Waals surface area contributed by atoms with E-state index in [9.17, 15) is 29.2 Å². The highest BCUT2D eigenvalue weighted by atomic mass is 19.1. The molecule has 10 rings (SSSR count). The molecule has 4 aromatic heterocycles. The van der Waals surface area contributed by atoms with E-state index in [0.29, 0.717) is 94.8 Å². The minimum atomic E-state index is -0.726. The van der Waals surface area contributed by atoms with Gasteiger partial charge in [0, 0.05) is 314 Å². The van der Waals surface area contributed by atoms with Crippen LogP contribution in [-0.2, 0) is 41.8 Å². The molecular formula is C60H224F4N8O2. The summed E-state index contributed by atoms with van der Waals surface area (Å²) in [5.41, 5.74) is 6.26. The van der Waals surface area contributed by atoms with E-state index in [1.807, 2.05) is 6.08 Å². The zero-order chi connectivity index (χ0) is 216. The number of pyridine rings is 2. The lowest BCUT2D eigenvalue weighted by molar-refractivity contribution is -0.117. The summed E-state index contributed by atoms with van der Waals surface area (Å²) in [7, 11) is 0. The molecule has 0 aliphatic heterocycles. The first-order valence-electron chi connectivity index (χ1n) is 108. The molecule has 0 fully saturated rings. The van der Waals surface area contributed by atoms with E-state index < -0.39 is 24.2 Å². The molecule has 2 aromatic carbocycles. The lowest BCUT2D eigenvalue weighted by atomic mass is 9.56. The summed E-state index contributed by atoms with van der Waals surface area (Å²) in [4.78, 5) is 40.7. The second-order valence-electron chi connectivity index (χ2n) is 21.0. The Morgan fingerprint density at radius 2 is 1.24 bits per heavy atom. The molecule has 544 valence electrons. The Morgan fingerprint density at radius 1 is 0.716 bits per heavy atom. The first kappa shape index (κ1) is 11.7. The van der Waals surface area contributed by atoms with E-state index in [-0.39, 0.29) is 59.8 Å². The summed E-state index contributed by atoms with van der Waals surface area (Å²) >= 11 is 0. The molecule has 0 saturated carbocycles. The van der Waals surface area contributed by atoms with Crippen molar-refractivity contribution >= 4 is 5.78 Å². The molecule has 4 atom stereocenters. The predicted molar refractivity (Wildman–Crippen MR) is 449 cm³/mol. The first-order valence-corrected chi connectivity index (χ1v) is 25.5. The van der Waals surface area contributed by atoms with E-state index >= 15 is 8.78 Å². The number of allylic oxidation sites excluding steroid dienone is 4. The summed E-state index contributed by atoms with van der Waals surface area (Å²) in [5, 5.41) is 30.3. The molecule has 0 amide bonds. The number of ketones is 1. The van der Waals surface area contributed by atoms with Crippen molar-refractivity contribution < 1.29 is 272 Å². The Hall–Kier alpha value is -7.45. The number of hydrogen-bond acceptors (Lipinski definition) is 10. The minimum Gasteiger partial charge on any atom is -0.511 e. The van der Waals surface area contributed by atoms with Gasteiger partial charge in [0.05, 0.1) is 51.4 Å². The van der Waals surface area contributed by atoms with Crippen LogP contribution in [0.15, 0.2) is 108 Å². The molecule has 4 aliphatic carbocycles. The molecule has 14 heteroatoms. The number of aliphatic hydroxyl groups excluding tert-OH is 1. The van der Waals surface area contributed by atoms with Crippen LogP contribution in [-0.4, -0.2) is 40.8 Å². The third-order valence-corrected chi connectivity index (χ3v) is 15.6. The SMILES string of the molecule is CC(C)CC[C@@]12C=C(C#N)C(=O)C[C@H]1CCc1c(-c3ccccc3F)nc(-c3ccnc(CF)c3)nc12.CC(C)CC[C@@]12CC(C#N)=C(O)C[C@H]1CCc1c(-c3ccccc3F)nc(-c3ccnc(CF)c3)nc12.[3HH].[3H][3H].[3H][3H].[3H][3H].[3H][3H].[3H][3H].[3H][3H].[3H][3H].[3H][3H].[3H][3H].[3H][3H].[3H][3H].[3H][3H].[3H][3H].[3H][3H].[3H][3H].[3H][3H].[3H][3H].[3H][3H].[3H][3H].[3H][3H].[3H][3H].[3H][3H].[3H][3H].[3H][3H].[3H][3H].[3H][3H].[3H][3H].[3H][3H].[3H][3H].[3H][3H].[3H][3H].[3H][3H].[3H][3H].[3H][3H].[3H][3H].[3H][3H].[3H][3H].[3H][3H].[3H][3H].[3H][3H].[3H][3H].[3H][3H].[3H][3H].[3H][3H].[3H][3H].[3H][3H].[3H][3H].[3H][3H].[3H][3H].[3H][3H].[3H][3H].[3H][3H].[3H][3H].[3H][3H].[3H][3H].[3H][3H].[3H][3H].[3H][3H].[3H][3H].[3H][3H].[3H][3H].[3H][3H].[3H][3H].[3H][3H].[3H][3H].[3H][3H].[3H][3H].[3H][3H].[3H][3H].[3H][3H].[3H][3H].[3H][3H].[3H][3H].[3H][3H].[3H][3H].[3H][3H].[3H][3H].[3H][3H].[3H][3H].[3H][3H].[3H][3H].[3H][3H]. The highest BCUT2D eigenvalue weighted by Gasteiger charge is 2.51. The van der Waals surface area contributed by atoms with Crippen LogP contribution in [0.4, 0.5) is 17.6 Å². The maximum absolute atomic E-state index is 15.1. The van der Waals surface area contributed by atoms with Crippen molar-refractivity contribution in [1.29, 1.82) is 10.5 Å². The van der Waals surface area contributed by atoms with Gasteiger partial charge in [0.15, 0.2) is 17.4 Å². The van der Waals surface area contributed by atoms with Gasteiger partial charge in [0.25, 0.3) is 0 Å². The molecule has 6 aromatic rings. The zero-order valence-corrected chi connectivity index (χ0v) is 42.1. The van der Waals surface area contributed by atoms with Gasteiger partial charge < -0.3 is 5.11 Å². The fourth-order valence-corrected chi connectivity index (χ4v) is 11.7. The topological polar surface area (TPSA) is 162 Å². The van der Waals surface area contributed by atoms with Crippen LogP contribution < -0.4 is 0 Å². The van der Waals surface area contributed by atoms with Gasteiger partial charge in [-0.25, -0.2) is 37.5 Å². The monoisotopic (exact) mass is 1500 g/mol. The van der Waals surface area contributed by atoms with Crippen LogP contribution in [0, 0.1) is 58.0 Å². The van der Waals surface area contributed by atoms with Gasteiger partial charge in [-0.05, 0) is 124 Å². The number of carbonyl (C=O) groups excluding carboxylic acids is 1. The first-order chi connectivity index (χ1) is 118. The van der Waals surface area contributed by atoms with Gasteiger partial charge >= 0.3 is 0 Å². The van der Waals surface area contributed by atoms with Crippen LogP contribution in [0.5, 0.6) is 0 Å². The molecule has 0 radical (unpaired) electrons. The van der Waals surface area contributed by atoms with Gasteiger partial charge in [0.2, 0.25) is 0 Å². The predicted octanol–water partition coefficient (Wildman–Crippen LogP) is 34.1. The van der Waals surface area contributed by atoms with Crippen molar-refractivity contribution in [2.75, 3.05) is 0 Å². The van der Waals surface area contributed by atoms with E-state index in [0.717, 1.165) is 54.6 Å². The quantitative estimate of drug-likeness (QED) is 0.117. The average molecular weight is 1500 g/mol. The van der Waals surface area contributed by atoms with Crippen molar-refractivity contribution in [3.63, 3.8) is 0 Å². The Bertz CT molecular complexity index is 3500. The van der Waals surface area contributed by atoms with Crippen LogP contribution in [0.25, 0.3) is 45.3 Å². The van der Waals surface area contributed by atoms with Crippen LogP contribution in [0.1, 0.15) is 364 Å². The number of alkyl halides is 2. The van der Waals surface area contributed by atoms with Gasteiger partial charge in [-0.3, -0.25) is 14.8 Å². The number of nitrogens with zero attached hydrogens (tertiary/aromatic N) is 8. The summed E-state index contributed by atoms with van der Waals surface area (Å²) in [5.74, 6) is 0.928. The number of fused-ring (bicyclic) bond motifs is 6. The van der Waals surface area contributed by atoms with Crippen LogP contribution in [0.3, 0.4) is 0 Å². The highest BCUT2D eigenvalue weighted by Crippen LogP contribution is 2.56. The molecule has 10 nitrogen and oxygen atoms in total. The van der Waals surface area contributed by atoms with Crippen molar-refractivity contribution in [1.82, 2.24) is 29.9 Å². The molecule has 74 heavy (non-hydrogen) atoms. The number of nitriles is 2. The fraction of sp³-hybridized carbons (Fsp3) is 0.383. The number of rotatable bonds is 12. The maximum Gasteiger partial charge on any atom is 0.173 e. The van der Waals surface area contributed by atoms with E-state index in [2.05, 4.69) is 49.8 Å². The third kappa shape index (κ3) is 9.87. The zero-order valence-electron chi connectivity index (χ0n) is 206. The molecule has 0 unspecified atom stereocenters. The second-order valence-corrected chi connectivity index (χ2v) is 21.0. The van der Waals surface area contributed by atoms with Crippen molar-refractivity contribution in [2.24, 2.45) is 23.7 Å². The Kier molecular flexibility index (Phi) is 3.40. The summed E-state index contributed by atoms with van der Waals surface area (Å²) in [6, 6.07) is 24.1. The van der Waals surface area contributed by atoms with Crippen molar-refractivity contribution in [2.45, 2.75) is 123 Å². The number of aromatic nitrogens is 6. The average Bonchev–Trinajstić information content (AvgIpc) is 0.719. The number of hydrogen-bond donors (Lipinski definition) is 1. The molecule has 1 N–H and O–H groups in total. The molecular weight excluding hydrogens is 941 g/mol. The Labute approximate surface area is 684 Å². The van der Waals surface area contributed by atoms with E-state index in [1.165, 1.54) is 24.5 Å². The molecule has 4 heterocycles. The lowest BCUT2D eigenvalue weighted by Crippen LogP contribution is -2.44. The van der Waals surface area contributed by atoms with Crippen molar-refractivity contribution in [3.05, 3.63) is 154 Å². The summed E-state index contributed by atoms with van der Waals surface area (Å²) < 4.78 is 877. The second kappa shape index (κ2) is 21.6. The molecule has 0 spiro atoms. The third-order valence-electron chi connectivity index (χ3n) is 15.6. The van der Waals surface area contributed by atoms with Gasteiger partial charge in [-0.1, -0.05) is 64.5 Å². The fourth-order valence-electron chi connectivity index (χ4n) is 11.7. The number of halogens is 4. The Morgan fingerprint density at radius 3 is 1.77 bits per heavy atom. The van der Waals surface area contributed by atoms with Gasteiger partial charge in [-0.2, -0.15) is 10.5 Å². The van der Waals surface area contributed by atoms with Gasteiger partial charge in [0.1, 0.15) is 36.8 Å². The van der Waals surface area contributed by atoms with E-state index in [4.69, 9.17) is 263 Å². The normalized spacial score (nSPS) is 29.7. The van der Waals surface area contributed by atoms with Gasteiger partial charge in [-0.15, -0.1) is 0 Å². The standard InChI is InChI=1S/C30H30F2N4O.C30H28F2N4O.83H2/c2*1-18(2)9-11-30-15-20(17-33)26(37)14-21(30)7-8-24-27(23-5-3-4-6-25(23)32)35-29(36-28(24)30)19-10-12-34-22(13-19)16-31;;;;;;;;;;;;;;;;;;;;;;;;;;;;;;;;;;;;;;;;;;;;;;;;;;;;;;;;;;;;;;;;;;;;;;;;;;;;;;;;;;;/h3-6,10,12-13,18,21,37H,7-9,11,14-16H2,1-2H3;3-6,10,12-13,15,18,21H,7-9,11,14,16H2,1-2H3;83*1H/t2*21-,30-;;;;;;;;;;;;;;;;;;;;;;;;;;;;;;;;;;;;;;;;;;;;;;;;;;;;;;;;;;;;;;;;;;;;;;;;;;;;;;;;;;;/m11.................................................................................../s1/i;;82*1+2T;1+2.